The van der Waals surface area contributed by atoms with Crippen LogP contribution in [0, 0.1) is 12.3 Å². The van der Waals surface area contributed by atoms with Crippen LogP contribution in [0.3, 0.4) is 0 Å². The first kappa shape index (κ1) is 18.0. The van der Waals surface area contributed by atoms with Crippen LogP contribution in [0.1, 0.15) is 19.4 Å². The van der Waals surface area contributed by atoms with Gasteiger partial charge < -0.3 is 10.2 Å². The van der Waals surface area contributed by atoms with E-state index in [9.17, 15) is 9.59 Å². The topological polar surface area (TPSA) is 49.4 Å². The van der Waals surface area contributed by atoms with Crippen molar-refractivity contribution in [3.05, 3.63) is 59.1 Å². The summed E-state index contributed by atoms with van der Waals surface area (Å²) in [6.07, 6.45) is 0. The molecule has 2 amide bonds. The van der Waals surface area contributed by atoms with Crippen LogP contribution in [0.5, 0.6) is 0 Å². The lowest BCUT2D eigenvalue weighted by Crippen LogP contribution is -2.46. The van der Waals surface area contributed by atoms with Crippen molar-refractivity contribution in [2.45, 2.75) is 20.8 Å². The van der Waals surface area contributed by atoms with E-state index < -0.39 is 5.41 Å². The highest BCUT2D eigenvalue weighted by Gasteiger charge is 2.38. The number of nitrogens with zero attached hydrogens (tertiary/aromatic N) is 1. The Morgan fingerprint density at radius 3 is 2.29 bits per heavy atom. The van der Waals surface area contributed by atoms with Crippen LogP contribution in [-0.2, 0) is 9.59 Å². The standard InChI is InChI=1S/C19H21ClN2O2/c1-13-12-14(20)10-11-16(13)21-17(23)19(2,3)18(24)22(4)15-8-6-5-7-9-15/h5-12H,1-4H3,(H,21,23). The molecule has 4 nitrogen and oxygen atoms in total. The molecule has 0 aliphatic rings. The SMILES string of the molecule is Cc1cc(Cl)ccc1NC(=O)C(C)(C)C(=O)N(C)c1ccccc1. The zero-order chi connectivity index (χ0) is 17.9. The van der Waals surface area contributed by atoms with Crippen molar-refractivity contribution >= 4 is 34.8 Å². The Kier molecular flexibility index (Phi) is 5.30. The molecule has 0 aromatic heterocycles. The average molecular weight is 345 g/mol. The van der Waals surface area contributed by atoms with E-state index in [4.69, 9.17) is 11.6 Å². The summed E-state index contributed by atoms with van der Waals surface area (Å²) in [5.74, 6) is -0.640. The van der Waals surface area contributed by atoms with Crippen molar-refractivity contribution in [1.29, 1.82) is 0 Å². The number of hydrogen-bond acceptors (Lipinski definition) is 2. The zero-order valence-electron chi connectivity index (χ0n) is 14.3. The van der Waals surface area contributed by atoms with Crippen LogP contribution < -0.4 is 10.2 Å². The molecule has 0 heterocycles. The predicted octanol–water partition coefficient (Wildman–Crippen LogP) is 4.28. The summed E-state index contributed by atoms with van der Waals surface area (Å²) in [5, 5.41) is 3.42. The maximum Gasteiger partial charge on any atom is 0.241 e. The summed E-state index contributed by atoms with van der Waals surface area (Å²) >= 11 is 5.93. The average Bonchev–Trinajstić information content (AvgIpc) is 2.56. The second-order valence-corrected chi connectivity index (χ2v) is 6.67. The van der Waals surface area contributed by atoms with Crippen LogP contribution in [0.15, 0.2) is 48.5 Å². The monoisotopic (exact) mass is 344 g/mol. The van der Waals surface area contributed by atoms with E-state index in [-0.39, 0.29) is 11.8 Å². The highest BCUT2D eigenvalue weighted by molar-refractivity contribution is 6.30. The van der Waals surface area contributed by atoms with Gasteiger partial charge in [0, 0.05) is 23.4 Å². The molecular weight excluding hydrogens is 324 g/mol. The van der Waals surface area contributed by atoms with Gasteiger partial charge in [-0.05, 0) is 56.7 Å². The molecule has 0 aliphatic heterocycles. The molecule has 126 valence electrons. The van der Waals surface area contributed by atoms with Gasteiger partial charge >= 0.3 is 0 Å². The molecule has 0 aliphatic carbocycles. The zero-order valence-corrected chi connectivity index (χ0v) is 15.0. The number of aryl methyl sites for hydroxylation is 1. The van der Waals surface area contributed by atoms with Crippen LogP contribution in [-0.4, -0.2) is 18.9 Å². The van der Waals surface area contributed by atoms with Gasteiger partial charge in [-0.3, -0.25) is 9.59 Å². The maximum absolute atomic E-state index is 12.8. The predicted molar refractivity (Wildman–Crippen MR) is 98.5 cm³/mol. The van der Waals surface area contributed by atoms with E-state index in [1.165, 1.54) is 4.90 Å². The number of carbonyl (C=O) groups excluding carboxylic acids is 2. The van der Waals surface area contributed by atoms with Gasteiger partial charge in [-0.2, -0.15) is 0 Å². The molecule has 0 bridgehead atoms. The van der Waals surface area contributed by atoms with Crippen LogP contribution in [0.25, 0.3) is 0 Å². The lowest BCUT2D eigenvalue weighted by molar-refractivity contribution is -0.136. The highest BCUT2D eigenvalue weighted by atomic mass is 35.5. The third kappa shape index (κ3) is 3.77. The van der Waals surface area contributed by atoms with Crippen molar-refractivity contribution in [3.8, 4) is 0 Å². The minimum absolute atomic E-state index is 0.280. The van der Waals surface area contributed by atoms with Crippen molar-refractivity contribution in [1.82, 2.24) is 0 Å². The van der Waals surface area contributed by atoms with Gasteiger partial charge in [0.2, 0.25) is 11.8 Å². The van der Waals surface area contributed by atoms with Gasteiger partial charge in [-0.25, -0.2) is 0 Å². The molecule has 0 spiro atoms. The fraction of sp³-hybridized carbons (Fsp3) is 0.263. The van der Waals surface area contributed by atoms with Crippen LogP contribution in [0.2, 0.25) is 5.02 Å². The lowest BCUT2D eigenvalue weighted by Gasteiger charge is -2.28. The lowest BCUT2D eigenvalue weighted by atomic mass is 9.90. The number of halogens is 1. The van der Waals surface area contributed by atoms with Gasteiger partial charge in [0.05, 0.1) is 0 Å². The number of benzene rings is 2. The molecule has 24 heavy (non-hydrogen) atoms. The Balaban J connectivity index is 2.19. The van der Waals surface area contributed by atoms with E-state index in [1.807, 2.05) is 37.3 Å². The third-order valence-electron chi connectivity index (χ3n) is 3.99. The Morgan fingerprint density at radius 1 is 1.08 bits per heavy atom. The summed E-state index contributed by atoms with van der Waals surface area (Å²) in [6, 6.07) is 14.4. The molecule has 1 N–H and O–H groups in total. The molecule has 0 saturated carbocycles. The Morgan fingerprint density at radius 2 is 1.71 bits per heavy atom. The fourth-order valence-electron chi connectivity index (χ4n) is 2.33. The molecule has 0 unspecified atom stereocenters. The number of carbonyl (C=O) groups is 2. The largest absolute Gasteiger partial charge is 0.325 e. The number of para-hydroxylation sites is 1. The molecule has 5 heteroatoms. The quantitative estimate of drug-likeness (QED) is 0.842. The number of nitrogens with one attached hydrogen (secondary N) is 1. The Labute approximate surface area is 147 Å². The molecule has 0 atom stereocenters. The first-order chi connectivity index (χ1) is 11.2. The van der Waals surface area contributed by atoms with Gasteiger partial charge in [0.25, 0.3) is 0 Å². The molecule has 2 rings (SSSR count). The van der Waals surface area contributed by atoms with E-state index in [2.05, 4.69) is 5.32 Å². The molecule has 0 fully saturated rings. The van der Waals surface area contributed by atoms with Crippen LogP contribution in [0.4, 0.5) is 11.4 Å². The summed E-state index contributed by atoms with van der Waals surface area (Å²) in [6.45, 7) is 5.09. The smallest absolute Gasteiger partial charge is 0.241 e. The number of hydrogen-bond donors (Lipinski definition) is 1. The number of amides is 2. The maximum atomic E-state index is 12.8. The number of anilines is 2. The van der Waals surface area contributed by atoms with Gasteiger partial charge in [-0.1, -0.05) is 29.8 Å². The van der Waals surface area contributed by atoms with Gasteiger partial charge in [-0.15, -0.1) is 0 Å². The fourth-order valence-corrected chi connectivity index (χ4v) is 2.56. The highest BCUT2D eigenvalue weighted by Crippen LogP contribution is 2.26. The first-order valence-corrected chi connectivity index (χ1v) is 8.02. The van der Waals surface area contributed by atoms with Crippen molar-refractivity contribution < 1.29 is 9.59 Å². The Bertz CT molecular complexity index is 757. The van der Waals surface area contributed by atoms with Crippen LogP contribution >= 0.6 is 11.6 Å². The summed E-state index contributed by atoms with van der Waals surface area (Å²) in [4.78, 5) is 26.9. The molecule has 2 aromatic carbocycles. The summed E-state index contributed by atoms with van der Waals surface area (Å²) in [5.41, 5.74) is 1.02. The summed E-state index contributed by atoms with van der Waals surface area (Å²) < 4.78 is 0. The van der Waals surface area contributed by atoms with Gasteiger partial charge in [0.1, 0.15) is 5.41 Å². The normalized spacial score (nSPS) is 11.0. The van der Waals surface area contributed by atoms with E-state index in [0.717, 1.165) is 11.3 Å². The third-order valence-corrected chi connectivity index (χ3v) is 4.22. The van der Waals surface area contributed by atoms with E-state index in [0.29, 0.717) is 10.7 Å². The minimum Gasteiger partial charge on any atom is -0.325 e. The van der Waals surface area contributed by atoms with Crippen molar-refractivity contribution in [2.75, 3.05) is 17.3 Å². The van der Waals surface area contributed by atoms with Gasteiger partial charge in [0.15, 0.2) is 0 Å². The molecule has 0 radical (unpaired) electrons. The molecular formula is C19H21ClN2O2. The van der Waals surface area contributed by atoms with Crippen molar-refractivity contribution in [3.63, 3.8) is 0 Å². The summed E-state index contributed by atoms with van der Waals surface area (Å²) in [7, 11) is 1.67. The van der Waals surface area contributed by atoms with E-state index in [1.54, 1.807) is 39.1 Å². The molecule has 2 aromatic rings. The van der Waals surface area contributed by atoms with Crippen molar-refractivity contribution in [2.24, 2.45) is 5.41 Å². The number of rotatable bonds is 4. The minimum atomic E-state index is -1.21. The molecule has 0 saturated heterocycles. The first-order valence-electron chi connectivity index (χ1n) is 7.64. The second-order valence-electron chi connectivity index (χ2n) is 6.24. The van der Waals surface area contributed by atoms with E-state index >= 15 is 0 Å². The second kappa shape index (κ2) is 7.05. The Hall–Kier alpha value is -2.33.